The fourth-order valence-corrected chi connectivity index (χ4v) is 1.71. The Kier molecular flexibility index (Phi) is 5.15. The van der Waals surface area contributed by atoms with Gasteiger partial charge in [0.1, 0.15) is 12.1 Å². The molecule has 0 bridgehead atoms. The van der Waals surface area contributed by atoms with Crippen LogP contribution in [0, 0.1) is 11.3 Å². The lowest BCUT2D eigenvalue weighted by atomic mass is 10.2. The summed E-state index contributed by atoms with van der Waals surface area (Å²) in [5, 5.41) is 13.7. The molecule has 7 heteroatoms. The van der Waals surface area contributed by atoms with Gasteiger partial charge in [-0.25, -0.2) is 4.98 Å². The highest BCUT2D eigenvalue weighted by atomic mass is 16.2. The first-order valence-electron chi connectivity index (χ1n) is 6.49. The van der Waals surface area contributed by atoms with E-state index in [1.165, 1.54) is 18.6 Å². The van der Waals surface area contributed by atoms with Crippen LogP contribution < -0.4 is 10.6 Å². The van der Waals surface area contributed by atoms with Crippen LogP contribution in [0.5, 0.6) is 0 Å². The molecule has 110 valence electrons. The maximum absolute atomic E-state index is 12.0. The predicted octanol–water partition coefficient (Wildman–Crippen LogP) is 1.26. The first-order chi connectivity index (χ1) is 10.7. The van der Waals surface area contributed by atoms with Gasteiger partial charge < -0.3 is 10.6 Å². The number of rotatable bonds is 5. The molecule has 0 saturated heterocycles. The lowest BCUT2D eigenvalue weighted by Crippen LogP contribution is -2.22. The SMILES string of the molecule is N#CCC(=O)NCc1cccc(NC(=O)c2cnccn2)c1. The third-order valence-electron chi connectivity index (χ3n) is 2.71. The quantitative estimate of drug-likeness (QED) is 0.863. The molecule has 0 radical (unpaired) electrons. The summed E-state index contributed by atoms with van der Waals surface area (Å²) in [4.78, 5) is 31.0. The Morgan fingerprint density at radius 3 is 2.86 bits per heavy atom. The molecule has 2 N–H and O–H groups in total. The second kappa shape index (κ2) is 7.50. The van der Waals surface area contributed by atoms with E-state index in [2.05, 4.69) is 20.6 Å². The fourth-order valence-electron chi connectivity index (χ4n) is 1.71. The molecule has 0 fully saturated rings. The molecule has 0 spiro atoms. The van der Waals surface area contributed by atoms with Crippen molar-refractivity contribution in [1.82, 2.24) is 15.3 Å². The average Bonchev–Trinajstić information content (AvgIpc) is 2.54. The van der Waals surface area contributed by atoms with Gasteiger partial charge in [0.15, 0.2) is 0 Å². The number of nitriles is 1. The monoisotopic (exact) mass is 295 g/mol. The van der Waals surface area contributed by atoms with Gasteiger partial charge in [0.2, 0.25) is 5.91 Å². The van der Waals surface area contributed by atoms with Crippen LogP contribution in [0.1, 0.15) is 22.5 Å². The van der Waals surface area contributed by atoms with Crippen LogP contribution in [0.25, 0.3) is 0 Å². The van der Waals surface area contributed by atoms with E-state index in [1.807, 2.05) is 6.07 Å². The first-order valence-corrected chi connectivity index (χ1v) is 6.49. The number of amides is 2. The minimum absolute atomic E-state index is 0.177. The summed E-state index contributed by atoms with van der Waals surface area (Å²) >= 11 is 0. The van der Waals surface area contributed by atoms with Crippen LogP contribution in [0.2, 0.25) is 0 Å². The molecular formula is C15H13N5O2. The summed E-state index contributed by atoms with van der Waals surface area (Å²) in [6, 6.07) is 8.82. The van der Waals surface area contributed by atoms with Crippen molar-refractivity contribution >= 4 is 17.5 Å². The molecule has 2 rings (SSSR count). The topological polar surface area (TPSA) is 108 Å². The first kappa shape index (κ1) is 15.1. The highest BCUT2D eigenvalue weighted by Gasteiger charge is 2.07. The largest absolute Gasteiger partial charge is 0.351 e. The highest BCUT2D eigenvalue weighted by molar-refractivity contribution is 6.02. The summed E-state index contributed by atoms with van der Waals surface area (Å²) in [6.07, 6.45) is 4.13. The van der Waals surface area contributed by atoms with E-state index in [9.17, 15) is 9.59 Å². The number of carbonyl (C=O) groups excluding carboxylic acids is 2. The Hall–Kier alpha value is -3.27. The smallest absolute Gasteiger partial charge is 0.275 e. The van der Waals surface area contributed by atoms with E-state index in [0.29, 0.717) is 5.69 Å². The average molecular weight is 295 g/mol. The Morgan fingerprint density at radius 1 is 1.27 bits per heavy atom. The maximum atomic E-state index is 12.0. The zero-order valence-corrected chi connectivity index (χ0v) is 11.6. The predicted molar refractivity (Wildman–Crippen MR) is 78.5 cm³/mol. The molecule has 1 aromatic carbocycles. The molecule has 0 aliphatic carbocycles. The minimum Gasteiger partial charge on any atom is -0.351 e. The minimum atomic E-state index is -0.362. The van der Waals surface area contributed by atoms with Crippen LogP contribution in [-0.2, 0) is 11.3 Å². The van der Waals surface area contributed by atoms with Gasteiger partial charge >= 0.3 is 0 Å². The summed E-state index contributed by atoms with van der Waals surface area (Å²) in [7, 11) is 0. The molecule has 2 amide bonds. The van der Waals surface area contributed by atoms with E-state index >= 15 is 0 Å². The Balaban J connectivity index is 1.98. The van der Waals surface area contributed by atoms with Crippen LogP contribution in [0.4, 0.5) is 5.69 Å². The van der Waals surface area contributed by atoms with Crippen molar-refractivity contribution in [3.63, 3.8) is 0 Å². The van der Waals surface area contributed by atoms with E-state index in [4.69, 9.17) is 5.26 Å². The highest BCUT2D eigenvalue weighted by Crippen LogP contribution is 2.11. The summed E-state index contributed by atoms with van der Waals surface area (Å²) < 4.78 is 0. The van der Waals surface area contributed by atoms with Crippen molar-refractivity contribution in [2.24, 2.45) is 0 Å². The van der Waals surface area contributed by atoms with Gasteiger partial charge in [-0.3, -0.25) is 14.6 Å². The molecular weight excluding hydrogens is 282 g/mol. The number of benzene rings is 1. The summed E-state index contributed by atoms with van der Waals surface area (Å²) in [5.41, 5.74) is 1.61. The van der Waals surface area contributed by atoms with Crippen LogP contribution in [0.15, 0.2) is 42.9 Å². The second-order valence-electron chi connectivity index (χ2n) is 4.36. The molecule has 2 aromatic rings. The van der Waals surface area contributed by atoms with Crippen molar-refractivity contribution in [2.45, 2.75) is 13.0 Å². The van der Waals surface area contributed by atoms with Crippen LogP contribution in [0.3, 0.4) is 0 Å². The van der Waals surface area contributed by atoms with E-state index in [0.717, 1.165) is 5.56 Å². The van der Waals surface area contributed by atoms with Gasteiger partial charge in [0.25, 0.3) is 5.91 Å². The van der Waals surface area contributed by atoms with Crippen molar-refractivity contribution in [3.8, 4) is 6.07 Å². The summed E-state index contributed by atoms with van der Waals surface area (Å²) in [6.45, 7) is 0.287. The van der Waals surface area contributed by atoms with Crippen LogP contribution >= 0.6 is 0 Å². The van der Waals surface area contributed by atoms with E-state index < -0.39 is 0 Å². The van der Waals surface area contributed by atoms with Crippen LogP contribution in [-0.4, -0.2) is 21.8 Å². The van der Waals surface area contributed by atoms with Gasteiger partial charge in [0, 0.05) is 24.6 Å². The number of nitrogens with zero attached hydrogens (tertiary/aromatic N) is 3. The number of nitrogens with one attached hydrogen (secondary N) is 2. The molecule has 0 aliphatic heterocycles. The van der Waals surface area contributed by atoms with E-state index in [1.54, 1.807) is 24.3 Å². The maximum Gasteiger partial charge on any atom is 0.275 e. The molecule has 1 heterocycles. The third-order valence-corrected chi connectivity index (χ3v) is 2.71. The Morgan fingerprint density at radius 2 is 2.14 bits per heavy atom. The molecule has 7 nitrogen and oxygen atoms in total. The Bertz CT molecular complexity index is 709. The van der Waals surface area contributed by atoms with Gasteiger partial charge in [-0.15, -0.1) is 0 Å². The lowest BCUT2D eigenvalue weighted by Gasteiger charge is -2.07. The number of anilines is 1. The number of hydrogen-bond donors (Lipinski definition) is 2. The molecule has 0 atom stereocenters. The molecule has 0 saturated carbocycles. The third kappa shape index (κ3) is 4.38. The second-order valence-corrected chi connectivity index (χ2v) is 4.36. The molecule has 22 heavy (non-hydrogen) atoms. The molecule has 0 unspecified atom stereocenters. The van der Waals surface area contributed by atoms with Crippen molar-refractivity contribution in [2.75, 3.05) is 5.32 Å². The number of aromatic nitrogens is 2. The Labute approximate surface area is 127 Å². The zero-order chi connectivity index (χ0) is 15.8. The lowest BCUT2D eigenvalue weighted by molar-refractivity contribution is -0.120. The summed E-state index contributed by atoms with van der Waals surface area (Å²) in [5.74, 6) is -0.699. The van der Waals surface area contributed by atoms with Gasteiger partial charge in [-0.2, -0.15) is 5.26 Å². The number of hydrogen-bond acceptors (Lipinski definition) is 5. The van der Waals surface area contributed by atoms with Gasteiger partial charge in [-0.05, 0) is 17.7 Å². The van der Waals surface area contributed by atoms with E-state index in [-0.39, 0.29) is 30.5 Å². The normalized spacial score (nSPS) is 9.59. The van der Waals surface area contributed by atoms with Crippen molar-refractivity contribution in [1.29, 1.82) is 5.26 Å². The van der Waals surface area contributed by atoms with Crippen molar-refractivity contribution in [3.05, 3.63) is 54.1 Å². The standard InChI is InChI=1S/C15H13N5O2/c16-5-4-14(21)19-9-11-2-1-3-12(8-11)20-15(22)13-10-17-6-7-18-13/h1-3,6-8,10H,4,9H2,(H,19,21)(H,20,22). The zero-order valence-electron chi connectivity index (χ0n) is 11.6. The van der Waals surface area contributed by atoms with Crippen molar-refractivity contribution < 1.29 is 9.59 Å². The van der Waals surface area contributed by atoms with Gasteiger partial charge in [-0.1, -0.05) is 12.1 Å². The molecule has 0 aliphatic rings. The van der Waals surface area contributed by atoms with Gasteiger partial charge in [0.05, 0.1) is 12.3 Å². The fraction of sp³-hybridized carbons (Fsp3) is 0.133. The number of carbonyl (C=O) groups is 2. The molecule has 1 aromatic heterocycles.